The van der Waals surface area contributed by atoms with E-state index in [1.54, 1.807) is 0 Å². The van der Waals surface area contributed by atoms with E-state index in [1.165, 1.54) is 0 Å². The summed E-state index contributed by atoms with van der Waals surface area (Å²) in [4.78, 5) is 0. The summed E-state index contributed by atoms with van der Waals surface area (Å²) in [5.74, 6) is 2.22. The van der Waals surface area contributed by atoms with E-state index in [0.29, 0.717) is 6.42 Å². The lowest BCUT2D eigenvalue weighted by molar-refractivity contribution is -0.124. The Kier molecular flexibility index (Phi) is 3.89. The molecule has 0 heterocycles. The number of alkyl halides is 3. The van der Waals surface area contributed by atoms with Crippen molar-refractivity contribution in [1.29, 1.82) is 0 Å². The molecule has 58 valence electrons. The summed E-state index contributed by atoms with van der Waals surface area (Å²) in [6.45, 7) is -0.745. The molecule has 0 aromatic carbocycles. The summed E-state index contributed by atoms with van der Waals surface area (Å²) in [7, 11) is 0. The van der Waals surface area contributed by atoms with Gasteiger partial charge >= 0.3 is 6.18 Å². The van der Waals surface area contributed by atoms with Gasteiger partial charge in [0.1, 0.15) is 0 Å². The minimum absolute atomic E-state index is 0.218. The number of hydrogen-bond donors (Lipinski definition) is 1. The first-order valence-corrected chi connectivity index (χ1v) is 2.77. The van der Waals surface area contributed by atoms with Crippen LogP contribution in [-0.4, -0.2) is 19.3 Å². The van der Waals surface area contributed by atoms with Gasteiger partial charge in [0.2, 0.25) is 0 Å². The number of terminal acetylenes is 1. The molecule has 0 aromatic rings. The van der Waals surface area contributed by atoms with Crippen molar-refractivity contribution in [2.24, 2.45) is 0 Å². The third-order valence-corrected chi connectivity index (χ3v) is 0.772. The number of hydrogen-bond acceptors (Lipinski definition) is 1. The van der Waals surface area contributed by atoms with Gasteiger partial charge in [0.05, 0.1) is 6.54 Å². The minimum atomic E-state index is -4.13. The lowest BCUT2D eigenvalue weighted by Gasteiger charge is -2.05. The molecule has 0 saturated heterocycles. The summed E-state index contributed by atoms with van der Waals surface area (Å²) in [6, 6.07) is 0. The molecule has 0 amide bonds. The molecule has 0 aromatic heterocycles. The molecule has 0 saturated carbocycles. The van der Waals surface area contributed by atoms with Crippen molar-refractivity contribution in [2.45, 2.75) is 12.6 Å². The molecule has 1 N–H and O–H groups in total. The van der Waals surface area contributed by atoms with E-state index >= 15 is 0 Å². The molecule has 0 aliphatic carbocycles. The van der Waals surface area contributed by atoms with Gasteiger partial charge in [-0.1, -0.05) is 0 Å². The Morgan fingerprint density at radius 1 is 1.40 bits per heavy atom. The number of rotatable bonds is 3. The maximum absolute atomic E-state index is 11.4. The fourth-order valence-corrected chi connectivity index (χ4v) is 0.391. The molecule has 10 heavy (non-hydrogen) atoms. The lowest BCUT2D eigenvalue weighted by atomic mass is 10.4. The van der Waals surface area contributed by atoms with Gasteiger partial charge in [0.15, 0.2) is 0 Å². The first-order valence-electron chi connectivity index (χ1n) is 2.77. The molecule has 1 nitrogen and oxygen atoms in total. The third kappa shape index (κ3) is 7.31. The second kappa shape index (κ2) is 4.18. The van der Waals surface area contributed by atoms with Crippen molar-refractivity contribution in [3.8, 4) is 12.3 Å². The Morgan fingerprint density at radius 2 is 2.00 bits per heavy atom. The van der Waals surface area contributed by atoms with E-state index in [-0.39, 0.29) is 6.54 Å². The van der Waals surface area contributed by atoms with Crippen LogP contribution in [0.1, 0.15) is 6.42 Å². The first kappa shape index (κ1) is 9.31. The third-order valence-electron chi connectivity index (χ3n) is 0.772. The molecule has 0 aliphatic heterocycles. The molecule has 0 atom stereocenters. The van der Waals surface area contributed by atoms with E-state index in [4.69, 9.17) is 6.42 Å². The summed E-state index contributed by atoms with van der Waals surface area (Å²) in [5, 5.41) is 2.16. The van der Waals surface area contributed by atoms with Gasteiger partial charge in [0, 0.05) is 13.0 Å². The molecule has 4 heteroatoms. The predicted molar refractivity (Wildman–Crippen MR) is 32.4 cm³/mol. The summed E-state index contributed by atoms with van der Waals surface area (Å²) in [6.07, 6.45) is 1.01. The van der Waals surface area contributed by atoms with Gasteiger partial charge in [-0.25, -0.2) is 0 Å². The Labute approximate surface area is 57.6 Å². The van der Waals surface area contributed by atoms with Gasteiger partial charge in [-0.15, -0.1) is 12.3 Å². The predicted octanol–water partition coefficient (Wildman–Crippen LogP) is 1.16. The summed E-state index contributed by atoms with van der Waals surface area (Å²) >= 11 is 0. The van der Waals surface area contributed by atoms with Gasteiger partial charge < -0.3 is 5.32 Å². The molecule has 0 aliphatic rings. The zero-order valence-electron chi connectivity index (χ0n) is 5.33. The molecule has 0 radical (unpaired) electrons. The fourth-order valence-electron chi connectivity index (χ4n) is 0.391. The van der Waals surface area contributed by atoms with Crippen LogP contribution in [0.5, 0.6) is 0 Å². The van der Waals surface area contributed by atoms with Crippen LogP contribution in [-0.2, 0) is 0 Å². The first-order chi connectivity index (χ1) is 4.56. The molecule has 0 bridgehead atoms. The largest absolute Gasteiger partial charge is 0.401 e. The second-order valence-corrected chi connectivity index (χ2v) is 1.75. The van der Waals surface area contributed by atoms with Crippen LogP contribution in [0.25, 0.3) is 0 Å². The maximum atomic E-state index is 11.4. The van der Waals surface area contributed by atoms with Crippen molar-refractivity contribution < 1.29 is 13.2 Å². The minimum Gasteiger partial charge on any atom is -0.308 e. The van der Waals surface area contributed by atoms with Crippen LogP contribution in [0.2, 0.25) is 0 Å². The zero-order chi connectivity index (χ0) is 8.04. The van der Waals surface area contributed by atoms with Crippen LogP contribution in [0, 0.1) is 12.3 Å². The zero-order valence-corrected chi connectivity index (χ0v) is 5.33. The average Bonchev–Trinajstić information content (AvgIpc) is 1.78. The van der Waals surface area contributed by atoms with Crippen molar-refractivity contribution in [2.75, 3.05) is 13.1 Å². The summed E-state index contributed by atoms with van der Waals surface area (Å²) < 4.78 is 34.1. The van der Waals surface area contributed by atoms with Crippen molar-refractivity contribution in [3.63, 3.8) is 0 Å². The van der Waals surface area contributed by atoms with Crippen LogP contribution in [0.4, 0.5) is 13.2 Å². The standard InChI is InChI=1S/C6H8F3N/c1-2-3-4-10-5-6(7,8)9/h1,10H,3-5H2. The Balaban J connectivity index is 3.14. The van der Waals surface area contributed by atoms with Gasteiger partial charge in [0.25, 0.3) is 0 Å². The smallest absolute Gasteiger partial charge is 0.308 e. The Hall–Kier alpha value is -0.690. The van der Waals surface area contributed by atoms with Crippen molar-refractivity contribution in [3.05, 3.63) is 0 Å². The highest BCUT2D eigenvalue weighted by Gasteiger charge is 2.25. The van der Waals surface area contributed by atoms with Gasteiger partial charge in [-0.05, 0) is 0 Å². The monoisotopic (exact) mass is 151 g/mol. The Bertz CT molecular complexity index is 122. The normalized spacial score (nSPS) is 11.0. The van der Waals surface area contributed by atoms with Gasteiger partial charge in [-0.2, -0.15) is 13.2 Å². The van der Waals surface area contributed by atoms with Crippen LogP contribution >= 0.6 is 0 Å². The maximum Gasteiger partial charge on any atom is 0.401 e. The van der Waals surface area contributed by atoms with Crippen molar-refractivity contribution >= 4 is 0 Å². The van der Waals surface area contributed by atoms with E-state index in [2.05, 4.69) is 11.2 Å². The molecule has 0 fully saturated rings. The molecule has 0 unspecified atom stereocenters. The highest BCUT2D eigenvalue weighted by atomic mass is 19.4. The van der Waals surface area contributed by atoms with Crippen LogP contribution < -0.4 is 5.32 Å². The highest BCUT2D eigenvalue weighted by molar-refractivity contribution is 4.84. The van der Waals surface area contributed by atoms with E-state index in [9.17, 15) is 13.2 Å². The van der Waals surface area contributed by atoms with Crippen LogP contribution in [0.15, 0.2) is 0 Å². The molecular formula is C6H8F3N. The molecular weight excluding hydrogens is 143 g/mol. The summed E-state index contributed by atoms with van der Waals surface area (Å²) in [5.41, 5.74) is 0. The van der Waals surface area contributed by atoms with Crippen LogP contribution in [0.3, 0.4) is 0 Å². The van der Waals surface area contributed by atoms with E-state index in [0.717, 1.165) is 0 Å². The lowest BCUT2D eigenvalue weighted by Crippen LogP contribution is -2.29. The van der Waals surface area contributed by atoms with Crippen molar-refractivity contribution in [1.82, 2.24) is 5.32 Å². The van der Waals surface area contributed by atoms with E-state index in [1.807, 2.05) is 0 Å². The number of nitrogens with one attached hydrogen (secondary N) is 1. The fraction of sp³-hybridized carbons (Fsp3) is 0.667. The van der Waals surface area contributed by atoms with Gasteiger partial charge in [-0.3, -0.25) is 0 Å². The number of halogens is 3. The average molecular weight is 151 g/mol. The topological polar surface area (TPSA) is 12.0 Å². The quantitative estimate of drug-likeness (QED) is 0.471. The highest BCUT2D eigenvalue weighted by Crippen LogP contribution is 2.11. The second-order valence-electron chi connectivity index (χ2n) is 1.75. The SMILES string of the molecule is C#CCCNCC(F)(F)F. The Morgan fingerprint density at radius 3 is 2.40 bits per heavy atom. The molecule has 0 spiro atoms. The van der Waals surface area contributed by atoms with E-state index < -0.39 is 12.7 Å². The molecule has 0 rings (SSSR count).